The SMILES string of the molecule is CS(=O)(=O)OCCC1CNC(=O)c2cc(-c3cccc(C(F)(F)F)c3)cn21. The van der Waals surface area contributed by atoms with Crippen molar-refractivity contribution >= 4 is 16.0 Å². The highest BCUT2D eigenvalue weighted by Gasteiger charge is 2.31. The summed E-state index contributed by atoms with van der Waals surface area (Å²) in [6, 6.07) is 6.12. The van der Waals surface area contributed by atoms with Gasteiger partial charge in [0, 0.05) is 18.3 Å². The number of benzene rings is 1. The summed E-state index contributed by atoms with van der Waals surface area (Å²) < 4.78 is 67.4. The standard InChI is InChI=1S/C17H17F3N2O4S/c1-27(24,25)26-6-5-14-9-21-16(23)15-8-12(10-22(14)15)11-3-2-4-13(7-11)17(18,19)20/h2-4,7-8,10,14H,5-6,9H2,1H3,(H,21,23). The van der Waals surface area contributed by atoms with E-state index in [1.165, 1.54) is 18.2 Å². The molecular formula is C17H17F3N2O4S. The van der Waals surface area contributed by atoms with Crippen molar-refractivity contribution in [3.8, 4) is 11.1 Å². The second kappa shape index (κ2) is 7.01. The molecule has 1 amide bonds. The second-order valence-electron chi connectivity index (χ2n) is 6.28. The summed E-state index contributed by atoms with van der Waals surface area (Å²) in [7, 11) is -3.57. The lowest BCUT2D eigenvalue weighted by Crippen LogP contribution is -2.38. The number of alkyl halides is 3. The first-order chi connectivity index (χ1) is 12.5. The van der Waals surface area contributed by atoms with Crippen LogP contribution in [-0.2, 0) is 20.5 Å². The van der Waals surface area contributed by atoms with Crippen molar-refractivity contribution in [2.24, 2.45) is 0 Å². The maximum Gasteiger partial charge on any atom is 0.416 e. The van der Waals surface area contributed by atoms with Gasteiger partial charge in [-0.3, -0.25) is 8.98 Å². The smallest absolute Gasteiger partial charge is 0.349 e. The third kappa shape index (κ3) is 4.51. The Morgan fingerprint density at radius 2 is 2.00 bits per heavy atom. The van der Waals surface area contributed by atoms with Gasteiger partial charge in [0.15, 0.2) is 0 Å². The van der Waals surface area contributed by atoms with Gasteiger partial charge in [-0.2, -0.15) is 21.6 Å². The number of nitrogens with one attached hydrogen (secondary N) is 1. The van der Waals surface area contributed by atoms with E-state index >= 15 is 0 Å². The Labute approximate surface area is 154 Å². The van der Waals surface area contributed by atoms with E-state index in [0.717, 1.165) is 18.4 Å². The number of carbonyl (C=O) groups excluding carboxylic acids is 1. The molecule has 27 heavy (non-hydrogen) atoms. The molecule has 10 heteroatoms. The van der Waals surface area contributed by atoms with E-state index in [0.29, 0.717) is 23.2 Å². The molecule has 0 spiro atoms. The molecule has 2 aromatic rings. The maximum absolute atomic E-state index is 12.9. The van der Waals surface area contributed by atoms with E-state index in [-0.39, 0.29) is 25.1 Å². The Kier molecular flexibility index (Phi) is 5.04. The molecular weight excluding hydrogens is 385 g/mol. The number of amides is 1. The normalized spacial score (nSPS) is 17.5. The number of hydrogen-bond acceptors (Lipinski definition) is 4. The van der Waals surface area contributed by atoms with Gasteiger partial charge in [0.25, 0.3) is 16.0 Å². The quantitative estimate of drug-likeness (QED) is 0.781. The van der Waals surface area contributed by atoms with Crippen LogP contribution in [0.4, 0.5) is 13.2 Å². The molecule has 1 aliphatic rings. The first-order valence-corrected chi connectivity index (χ1v) is 9.88. The molecule has 146 valence electrons. The minimum Gasteiger partial charge on any atom is -0.349 e. The summed E-state index contributed by atoms with van der Waals surface area (Å²) >= 11 is 0. The van der Waals surface area contributed by atoms with Gasteiger partial charge >= 0.3 is 6.18 Å². The Morgan fingerprint density at radius 1 is 1.26 bits per heavy atom. The molecule has 1 aliphatic heterocycles. The number of halogens is 3. The summed E-state index contributed by atoms with van der Waals surface area (Å²) in [4.78, 5) is 12.1. The van der Waals surface area contributed by atoms with Gasteiger partial charge in [0.05, 0.1) is 24.5 Å². The van der Waals surface area contributed by atoms with Gasteiger partial charge in [-0.15, -0.1) is 0 Å². The lowest BCUT2D eigenvalue weighted by molar-refractivity contribution is -0.137. The van der Waals surface area contributed by atoms with Gasteiger partial charge in [0.2, 0.25) is 0 Å². The van der Waals surface area contributed by atoms with E-state index in [1.807, 2.05) is 0 Å². The number of nitrogens with zero attached hydrogens (tertiary/aromatic N) is 1. The molecule has 0 aliphatic carbocycles. The van der Waals surface area contributed by atoms with Crippen molar-refractivity contribution in [3.63, 3.8) is 0 Å². The lowest BCUT2D eigenvalue weighted by atomic mass is 10.1. The van der Waals surface area contributed by atoms with Crippen molar-refractivity contribution < 1.29 is 30.6 Å². The van der Waals surface area contributed by atoms with Crippen LogP contribution in [0.25, 0.3) is 11.1 Å². The molecule has 2 heterocycles. The van der Waals surface area contributed by atoms with Gasteiger partial charge in [-0.25, -0.2) is 0 Å². The number of aromatic nitrogens is 1. The Morgan fingerprint density at radius 3 is 2.67 bits per heavy atom. The van der Waals surface area contributed by atoms with Crippen LogP contribution >= 0.6 is 0 Å². The molecule has 0 bridgehead atoms. The molecule has 3 rings (SSSR count). The van der Waals surface area contributed by atoms with Crippen molar-refractivity contribution in [2.75, 3.05) is 19.4 Å². The molecule has 1 unspecified atom stereocenters. The third-order valence-corrected chi connectivity index (χ3v) is 4.84. The highest BCUT2D eigenvalue weighted by molar-refractivity contribution is 7.85. The molecule has 0 saturated carbocycles. The van der Waals surface area contributed by atoms with Crippen LogP contribution < -0.4 is 5.32 Å². The number of rotatable bonds is 5. The van der Waals surface area contributed by atoms with Crippen LogP contribution in [0.1, 0.15) is 28.5 Å². The van der Waals surface area contributed by atoms with Crippen LogP contribution in [0.5, 0.6) is 0 Å². The summed E-state index contributed by atoms with van der Waals surface area (Å²) in [6.45, 7) is 0.214. The van der Waals surface area contributed by atoms with E-state index in [4.69, 9.17) is 4.18 Å². The number of carbonyl (C=O) groups is 1. The predicted molar refractivity (Wildman–Crippen MR) is 91.7 cm³/mol. The van der Waals surface area contributed by atoms with Crippen LogP contribution in [0.3, 0.4) is 0 Å². The molecule has 1 N–H and O–H groups in total. The topological polar surface area (TPSA) is 77.4 Å². The Balaban J connectivity index is 1.89. The fourth-order valence-corrected chi connectivity index (χ4v) is 3.37. The average molecular weight is 402 g/mol. The summed E-state index contributed by atoms with van der Waals surface area (Å²) in [5.41, 5.74) is 0.345. The lowest BCUT2D eigenvalue weighted by Gasteiger charge is -2.26. The number of fused-ring (bicyclic) bond motifs is 1. The molecule has 0 fully saturated rings. The van der Waals surface area contributed by atoms with Gasteiger partial charge in [0.1, 0.15) is 5.69 Å². The molecule has 1 aromatic carbocycles. The van der Waals surface area contributed by atoms with E-state index in [1.54, 1.807) is 10.8 Å². The van der Waals surface area contributed by atoms with E-state index in [9.17, 15) is 26.4 Å². The van der Waals surface area contributed by atoms with Crippen molar-refractivity contribution in [2.45, 2.75) is 18.6 Å². The van der Waals surface area contributed by atoms with Crippen molar-refractivity contribution in [3.05, 3.63) is 47.8 Å². The van der Waals surface area contributed by atoms with Crippen LogP contribution in [0.15, 0.2) is 36.5 Å². The largest absolute Gasteiger partial charge is 0.416 e. The fraction of sp³-hybridized carbons (Fsp3) is 0.353. The van der Waals surface area contributed by atoms with Gasteiger partial charge in [-0.05, 0) is 30.2 Å². The van der Waals surface area contributed by atoms with Crippen molar-refractivity contribution in [1.82, 2.24) is 9.88 Å². The second-order valence-corrected chi connectivity index (χ2v) is 7.92. The summed E-state index contributed by atoms with van der Waals surface area (Å²) in [5, 5.41) is 2.69. The van der Waals surface area contributed by atoms with Gasteiger partial charge in [-0.1, -0.05) is 12.1 Å². The minimum absolute atomic E-state index is 0.0596. The molecule has 1 atom stereocenters. The van der Waals surface area contributed by atoms with Crippen molar-refractivity contribution in [1.29, 1.82) is 0 Å². The maximum atomic E-state index is 12.9. The fourth-order valence-electron chi connectivity index (χ4n) is 2.97. The Bertz CT molecular complexity index is 967. The Hall–Kier alpha value is -2.33. The minimum atomic E-state index is -4.46. The van der Waals surface area contributed by atoms with E-state index < -0.39 is 21.9 Å². The monoisotopic (exact) mass is 402 g/mol. The summed E-state index contributed by atoms with van der Waals surface area (Å²) in [5.74, 6) is -0.339. The zero-order valence-electron chi connectivity index (χ0n) is 14.3. The molecule has 6 nitrogen and oxygen atoms in total. The number of hydrogen-bond donors (Lipinski definition) is 1. The average Bonchev–Trinajstić information content (AvgIpc) is 3.02. The van der Waals surface area contributed by atoms with Crippen LogP contribution in [0, 0.1) is 0 Å². The summed E-state index contributed by atoms with van der Waals surface area (Å²) in [6.07, 6.45) is -1.59. The van der Waals surface area contributed by atoms with Gasteiger partial charge < -0.3 is 9.88 Å². The zero-order valence-corrected chi connectivity index (χ0v) is 15.1. The third-order valence-electron chi connectivity index (χ3n) is 4.24. The predicted octanol–water partition coefficient (Wildman–Crippen LogP) is 2.82. The van der Waals surface area contributed by atoms with Crippen LogP contribution in [0.2, 0.25) is 0 Å². The highest BCUT2D eigenvalue weighted by atomic mass is 32.2. The molecule has 1 aromatic heterocycles. The molecule has 0 radical (unpaired) electrons. The molecule has 0 saturated heterocycles. The van der Waals surface area contributed by atoms with Crippen LogP contribution in [-0.4, -0.2) is 38.3 Å². The first-order valence-electron chi connectivity index (χ1n) is 8.07. The highest BCUT2D eigenvalue weighted by Crippen LogP contribution is 2.33. The zero-order chi connectivity index (χ0) is 19.8. The van der Waals surface area contributed by atoms with E-state index in [2.05, 4.69) is 5.32 Å². The first kappa shape index (κ1) is 19.4.